The summed E-state index contributed by atoms with van der Waals surface area (Å²) in [6.45, 7) is 0. The summed E-state index contributed by atoms with van der Waals surface area (Å²) >= 11 is 1.12. The maximum atomic E-state index is 11.8. The molecule has 1 amide bonds. The highest BCUT2D eigenvalue weighted by molar-refractivity contribution is 7.91. The molecule has 1 fully saturated rings. The molecule has 2 rings (SSSR count). The number of carbonyl (C=O) groups is 1. The molecule has 0 atom stereocenters. The number of hydrazine groups is 1. The van der Waals surface area contributed by atoms with Crippen LogP contribution < -0.4 is 10.3 Å². The molecule has 0 saturated heterocycles. The lowest BCUT2D eigenvalue weighted by molar-refractivity contribution is -0.126. The van der Waals surface area contributed by atoms with Crippen LogP contribution in [0.1, 0.15) is 32.1 Å². The molecule has 0 aliphatic heterocycles. The first-order chi connectivity index (χ1) is 8.59. The fourth-order valence-corrected chi connectivity index (χ4v) is 3.89. The highest BCUT2D eigenvalue weighted by Crippen LogP contribution is 2.23. The van der Waals surface area contributed by atoms with Gasteiger partial charge in [-0.2, -0.15) is 0 Å². The predicted octanol–water partition coefficient (Wildman–Crippen LogP) is 1.64. The van der Waals surface area contributed by atoms with E-state index in [9.17, 15) is 13.2 Å². The fourth-order valence-electron chi connectivity index (χ4n) is 2.05. The van der Waals surface area contributed by atoms with Gasteiger partial charge in [0.05, 0.1) is 0 Å². The lowest BCUT2D eigenvalue weighted by Crippen LogP contribution is -2.44. The molecule has 1 aliphatic carbocycles. The second-order valence-corrected chi connectivity index (χ2v) is 7.22. The van der Waals surface area contributed by atoms with Crippen LogP contribution in [-0.4, -0.2) is 14.3 Å². The van der Waals surface area contributed by atoms with E-state index in [1.54, 1.807) is 11.4 Å². The molecule has 2 N–H and O–H groups in total. The topological polar surface area (TPSA) is 75.3 Å². The van der Waals surface area contributed by atoms with Gasteiger partial charge in [-0.3, -0.25) is 10.2 Å². The molecule has 0 radical (unpaired) electrons. The van der Waals surface area contributed by atoms with Crippen LogP contribution in [0.2, 0.25) is 0 Å². The summed E-state index contributed by atoms with van der Waals surface area (Å²) in [6, 6.07) is 3.15. The zero-order chi connectivity index (χ0) is 13.0. The van der Waals surface area contributed by atoms with Gasteiger partial charge in [-0.1, -0.05) is 25.3 Å². The molecular weight excluding hydrogens is 272 g/mol. The predicted molar refractivity (Wildman–Crippen MR) is 69.4 cm³/mol. The van der Waals surface area contributed by atoms with Crippen molar-refractivity contribution in [1.29, 1.82) is 0 Å². The van der Waals surface area contributed by atoms with Crippen molar-refractivity contribution in [2.45, 2.75) is 36.3 Å². The Morgan fingerprint density at radius 2 is 2.00 bits per heavy atom. The number of hydrogen-bond acceptors (Lipinski definition) is 4. The molecular formula is C11H16N2O3S2. The first-order valence-corrected chi connectivity index (χ1v) is 8.31. The summed E-state index contributed by atoms with van der Waals surface area (Å²) in [5.41, 5.74) is 2.31. The van der Waals surface area contributed by atoms with Gasteiger partial charge in [0.15, 0.2) is 0 Å². The number of nitrogens with one attached hydrogen (secondary N) is 2. The van der Waals surface area contributed by atoms with Crippen LogP contribution in [0.15, 0.2) is 21.7 Å². The average Bonchev–Trinajstić information content (AvgIpc) is 2.92. The minimum atomic E-state index is -3.61. The van der Waals surface area contributed by atoms with Crippen molar-refractivity contribution < 1.29 is 13.2 Å². The number of sulfonamides is 1. The van der Waals surface area contributed by atoms with E-state index in [0.717, 1.165) is 43.4 Å². The molecule has 1 heterocycles. The third-order valence-corrected chi connectivity index (χ3v) is 5.69. The van der Waals surface area contributed by atoms with Gasteiger partial charge in [0.2, 0.25) is 5.91 Å². The minimum absolute atomic E-state index is 0.0650. The number of amides is 1. The quantitative estimate of drug-likeness (QED) is 0.827. The minimum Gasteiger partial charge on any atom is -0.277 e. The molecule has 7 heteroatoms. The molecule has 0 bridgehead atoms. The van der Waals surface area contributed by atoms with Crippen LogP contribution in [0, 0.1) is 5.92 Å². The highest BCUT2D eigenvalue weighted by atomic mass is 32.2. The molecule has 0 spiro atoms. The summed E-state index contributed by atoms with van der Waals surface area (Å²) in [4.78, 5) is 13.9. The number of rotatable bonds is 4. The van der Waals surface area contributed by atoms with Gasteiger partial charge in [-0.25, -0.2) is 8.42 Å². The average molecular weight is 288 g/mol. The molecule has 0 aromatic carbocycles. The Morgan fingerprint density at radius 3 is 2.61 bits per heavy atom. The van der Waals surface area contributed by atoms with Crippen molar-refractivity contribution in [2.75, 3.05) is 0 Å². The third kappa shape index (κ3) is 3.30. The van der Waals surface area contributed by atoms with Gasteiger partial charge in [0.1, 0.15) is 4.21 Å². The van der Waals surface area contributed by atoms with Gasteiger partial charge >= 0.3 is 0 Å². The maximum absolute atomic E-state index is 11.8. The van der Waals surface area contributed by atoms with E-state index in [-0.39, 0.29) is 16.0 Å². The van der Waals surface area contributed by atoms with Crippen LogP contribution >= 0.6 is 11.3 Å². The number of hydrogen-bond donors (Lipinski definition) is 2. The molecule has 5 nitrogen and oxygen atoms in total. The van der Waals surface area contributed by atoms with E-state index in [1.807, 2.05) is 0 Å². The van der Waals surface area contributed by atoms with Gasteiger partial charge in [-0.15, -0.1) is 16.2 Å². The molecule has 1 aromatic heterocycles. The smallest absolute Gasteiger partial charge is 0.266 e. The lowest BCUT2D eigenvalue weighted by atomic mass is 9.89. The third-order valence-electron chi connectivity index (χ3n) is 3.04. The highest BCUT2D eigenvalue weighted by Gasteiger charge is 2.23. The Morgan fingerprint density at radius 1 is 1.28 bits per heavy atom. The van der Waals surface area contributed by atoms with Crippen molar-refractivity contribution in [3.63, 3.8) is 0 Å². The van der Waals surface area contributed by atoms with E-state index in [1.165, 1.54) is 6.07 Å². The van der Waals surface area contributed by atoms with Crippen LogP contribution in [-0.2, 0) is 14.8 Å². The van der Waals surface area contributed by atoms with Gasteiger partial charge in [0.25, 0.3) is 10.0 Å². The Bertz CT molecular complexity index is 490. The summed E-state index contributed by atoms with van der Waals surface area (Å²) in [5.74, 6) is -0.292. The van der Waals surface area contributed by atoms with Crippen LogP contribution in [0.4, 0.5) is 0 Å². The second kappa shape index (κ2) is 5.81. The molecule has 100 valence electrons. The van der Waals surface area contributed by atoms with Crippen LogP contribution in [0.3, 0.4) is 0 Å². The Balaban J connectivity index is 1.89. The van der Waals surface area contributed by atoms with Crippen molar-refractivity contribution in [3.05, 3.63) is 17.5 Å². The summed E-state index contributed by atoms with van der Waals surface area (Å²) in [7, 11) is -3.61. The largest absolute Gasteiger partial charge is 0.277 e. The Kier molecular flexibility index (Phi) is 4.36. The van der Waals surface area contributed by atoms with Crippen molar-refractivity contribution >= 4 is 27.3 Å². The van der Waals surface area contributed by atoms with E-state index < -0.39 is 10.0 Å². The summed E-state index contributed by atoms with van der Waals surface area (Å²) in [6.07, 6.45) is 4.91. The SMILES string of the molecule is O=C(NNS(=O)(=O)c1cccs1)C1CCCCC1. The van der Waals surface area contributed by atoms with Gasteiger partial charge in [-0.05, 0) is 24.3 Å². The van der Waals surface area contributed by atoms with Crippen molar-refractivity contribution in [1.82, 2.24) is 10.3 Å². The lowest BCUT2D eigenvalue weighted by Gasteiger charge is -2.20. The first kappa shape index (κ1) is 13.5. The zero-order valence-corrected chi connectivity index (χ0v) is 11.5. The standard InChI is InChI=1S/C11H16N2O3S2/c14-11(9-5-2-1-3-6-9)12-13-18(15,16)10-7-4-8-17-10/h4,7-9,13H,1-3,5-6H2,(H,12,14). The summed E-state index contributed by atoms with van der Waals surface area (Å²) < 4.78 is 23.7. The van der Waals surface area contributed by atoms with Crippen molar-refractivity contribution in [3.8, 4) is 0 Å². The molecule has 1 aliphatic rings. The van der Waals surface area contributed by atoms with E-state index in [4.69, 9.17) is 0 Å². The van der Waals surface area contributed by atoms with E-state index in [0.29, 0.717) is 0 Å². The maximum Gasteiger partial charge on any atom is 0.266 e. The Hall–Kier alpha value is -0.920. The molecule has 1 saturated carbocycles. The second-order valence-electron chi connectivity index (χ2n) is 4.36. The fraction of sp³-hybridized carbons (Fsp3) is 0.545. The Labute approximate surface area is 111 Å². The van der Waals surface area contributed by atoms with Crippen molar-refractivity contribution in [2.24, 2.45) is 5.92 Å². The molecule has 1 aromatic rings. The number of thiophene rings is 1. The number of carbonyl (C=O) groups excluding carboxylic acids is 1. The van der Waals surface area contributed by atoms with Crippen LogP contribution in [0.25, 0.3) is 0 Å². The zero-order valence-electron chi connectivity index (χ0n) is 9.89. The molecule has 18 heavy (non-hydrogen) atoms. The van der Waals surface area contributed by atoms with E-state index >= 15 is 0 Å². The van der Waals surface area contributed by atoms with Gasteiger partial charge in [0, 0.05) is 5.92 Å². The monoisotopic (exact) mass is 288 g/mol. The normalized spacial score (nSPS) is 17.6. The first-order valence-electron chi connectivity index (χ1n) is 5.95. The van der Waals surface area contributed by atoms with E-state index in [2.05, 4.69) is 10.3 Å². The van der Waals surface area contributed by atoms with Gasteiger partial charge < -0.3 is 0 Å². The van der Waals surface area contributed by atoms with Crippen LogP contribution in [0.5, 0.6) is 0 Å². The molecule has 0 unspecified atom stereocenters. The summed E-state index contributed by atoms with van der Waals surface area (Å²) in [5, 5.41) is 1.68.